The average Bonchev–Trinajstić information content (AvgIpc) is 2.47. The van der Waals surface area contributed by atoms with E-state index in [9.17, 15) is 9.90 Å². The third-order valence-electron chi connectivity index (χ3n) is 2.99. The second kappa shape index (κ2) is 3.09. The normalized spacial score (nSPS) is 15.5. The van der Waals surface area contributed by atoms with Crippen molar-refractivity contribution in [2.45, 2.75) is 39.0 Å². The molecule has 0 bridgehead atoms. The lowest BCUT2D eigenvalue weighted by Gasteiger charge is -2.21. The van der Waals surface area contributed by atoms with Gasteiger partial charge in [0, 0.05) is 17.5 Å². The second-order valence-corrected chi connectivity index (χ2v) is 5.16. The number of carbonyl (C=O) groups is 1. The lowest BCUT2D eigenvalue weighted by atomic mass is 9.84. The molecule has 2 heteroatoms. The molecule has 0 aliphatic heterocycles. The first-order chi connectivity index (χ1) is 6.91. The van der Waals surface area contributed by atoms with Gasteiger partial charge in [0.1, 0.15) is 5.75 Å². The Morgan fingerprint density at radius 1 is 1.20 bits per heavy atom. The molecule has 1 aliphatic carbocycles. The first kappa shape index (κ1) is 10.2. The van der Waals surface area contributed by atoms with Crippen molar-refractivity contribution in [2.75, 3.05) is 0 Å². The highest BCUT2D eigenvalue weighted by molar-refractivity contribution is 6.01. The van der Waals surface area contributed by atoms with Crippen LogP contribution in [0, 0.1) is 0 Å². The molecule has 1 N–H and O–H groups in total. The zero-order valence-corrected chi connectivity index (χ0v) is 9.42. The van der Waals surface area contributed by atoms with E-state index in [1.54, 1.807) is 0 Å². The summed E-state index contributed by atoms with van der Waals surface area (Å²) in [4.78, 5) is 11.5. The Hall–Kier alpha value is -1.31. The molecular weight excluding hydrogens is 188 g/mol. The largest absolute Gasteiger partial charge is 0.507 e. The number of benzene rings is 1. The molecule has 2 rings (SSSR count). The number of fused-ring (bicyclic) bond motifs is 1. The number of ketones is 1. The molecule has 0 radical (unpaired) electrons. The van der Waals surface area contributed by atoms with E-state index < -0.39 is 0 Å². The van der Waals surface area contributed by atoms with Gasteiger partial charge in [-0.25, -0.2) is 0 Å². The molecule has 0 spiro atoms. The van der Waals surface area contributed by atoms with Crippen molar-refractivity contribution in [3.05, 3.63) is 28.8 Å². The number of Topliss-reactive ketones (excluding diaryl/α,β-unsaturated/α-hetero) is 1. The predicted octanol–water partition coefficient (Wildman–Crippen LogP) is 2.82. The SMILES string of the molecule is CC(C)(C)c1ccc2c(c1O)CCC2=O. The van der Waals surface area contributed by atoms with Gasteiger partial charge in [0.25, 0.3) is 0 Å². The van der Waals surface area contributed by atoms with Crippen molar-refractivity contribution in [2.24, 2.45) is 0 Å². The molecule has 0 atom stereocenters. The van der Waals surface area contributed by atoms with Crippen LogP contribution < -0.4 is 0 Å². The first-order valence-electron chi connectivity index (χ1n) is 5.30. The third-order valence-corrected chi connectivity index (χ3v) is 2.99. The third kappa shape index (κ3) is 1.54. The molecule has 1 aromatic rings. The van der Waals surface area contributed by atoms with Crippen LogP contribution >= 0.6 is 0 Å². The van der Waals surface area contributed by atoms with Gasteiger partial charge in [-0.3, -0.25) is 4.79 Å². The standard InChI is InChI=1S/C13H16O2/c1-13(2,3)10-6-4-8-9(12(10)15)5-7-11(8)14/h4,6,15H,5,7H2,1-3H3. The highest BCUT2D eigenvalue weighted by Gasteiger charge is 2.27. The van der Waals surface area contributed by atoms with Crippen LogP contribution in [-0.2, 0) is 11.8 Å². The lowest BCUT2D eigenvalue weighted by Crippen LogP contribution is -2.12. The van der Waals surface area contributed by atoms with Gasteiger partial charge in [0.05, 0.1) is 0 Å². The van der Waals surface area contributed by atoms with Crippen LogP contribution in [-0.4, -0.2) is 10.9 Å². The molecule has 0 fully saturated rings. The molecule has 80 valence electrons. The number of rotatable bonds is 0. The van der Waals surface area contributed by atoms with E-state index in [1.165, 1.54) is 0 Å². The van der Waals surface area contributed by atoms with E-state index >= 15 is 0 Å². The minimum absolute atomic E-state index is 0.0786. The summed E-state index contributed by atoms with van der Waals surface area (Å²) >= 11 is 0. The molecule has 0 heterocycles. The van der Waals surface area contributed by atoms with Crippen molar-refractivity contribution in [1.82, 2.24) is 0 Å². The Balaban J connectivity index is 2.61. The Kier molecular flexibility index (Phi) is 2.10. The summed E-state index contributed by atoms with van der Waals surface area (Å²) in [6.07, 6.45) is 1.22. The molecule has 0 saturated heterocycles. The van der Waals surface area contributed by atoms with E-state index in [-0.39, 0.29) is 11.2 Å². The Morgan fingerprint density at radius 2 is 1.87 bits per heavy atom. The first-order valence-corrected chi connectivity index (χ1v) is 5.30. The number of aromatic hydroxyl groups is 1. The summed E-state index contributed by atoms with van der Waals surface area (Å²) in [7, 11) is 0. The maximum absolute atomic E-state index is 11.5. The van der Waals surface area contributed by atoms with Gasteiger partial charge in [-0.2, -0.15) is 0 Å². The number of hydrogen-bond donors (Lipinski definition) is 1. The van der Waals surface area contributed by atoms with E-state index in [4.69, 9.17) is 0 Å². The fourth-order valence-electron chi connectivity index (χ4n) is 2.13. The van der Waals surface area contributed by atoms with Gasteiger partial charge < -0.3 is 5.11 Å². The average molecular weight is 204 g/mol. The van der Waals surface area contributed by atoms with Crippen LogP contribution in [0.4, 0.5) is 0 Å². The summed E-state index contributed by atoms with van der Waals surface area (Å²) in [5.74, 6) is 0.478. The number of hydrogen-bond acceptors (Lipinski definition) is 2. The van der Waals surface area contributed by atoms with Crippen LogP contribution in [0.25, 0.3) is 0 Å². The second-order valence-electron chi connectivity index (χ2n) is 5.16. The molecule has 1 aliphatic rings. The zero-order valence-electron chi connectivity index (χ0n) is 9.42. The summed E-state index contributed by atoms with van der Waals surface area (Å²) in [6, 6.07) is 3.72. The molecule has 2 nitrogen and oxygen atoms in total. The summed E-state index contributed by atoms with van der Waals surface area (Å²) in [6.45, 7) is 6.18. The molecular formula is C13H16O2. The number of phenols is 1. The minimum Gasteiger partial charge on any atom is -0.507 e. The molecule has 0 unspecified atom stereocenters. The smallest absolute Gasteiger partial charge is 0.163 e. The van der Waals surface area contributed by atoms with E-state index in [2.05, 4.69) is 20.8 Å². The quantitative estimate of drug-likeness (QED) is 0.705. The Labute approximate surface area is 89.9 Å². The van der Waals surface area contributed by atoms with Crippen molar-refractivity contribution < 1.29 is 9.90 Å². The van der Waals surface area contributed by atoms with Gasteiger partial charge in [-0.1, -0.05) is 32.9 Å². The van der Waals surface area contributed by atoms with E-state index in [0.29, 0.717) is 24.2 Å². The molecule has 1 aromatic carbocycles. The van der Waals surface area contributed by atoms with Gasteiger partial charge in [-0.05, 0) is 17.4 Å². The van der Waals surface area contributed by atoms with Crippen molar-refractivity contribution in [1.29, 1.82) is 0 Å². The Bertz CT molecular complexity index is 425. The van der Waals surface area contributed by atoms with Gasteiger partial charge >= 0.3 is 0 Å². The number of carbonyl (C=O) groups excluding carboxylic acids is 1. The van der Waals surface area contributed by atoms with Crippen LogP contribution in [0.5, 0.6) is 5.75 Å². The molecule has 0 saturated carbocycles. The monoisotopic (exact) mass is 204 g/mol. The summed E-state index contributed by atoms with van der Waals surface area (Å²) in [5, 5.41) is 10.1. The van der Waals surface area contributed by atoms with Gasteiger partial charge in [-0.15, -0.1) is 0 Å². The molecule has 0 amide bonds. The summed E-state index contributed by atoms with van der Waals surface area (Å²) in [5.41, 5.74) is 2.40. The predicted molar refractivity (Wildman–Crippen MR) is 59.5 cm³/mol. The fourth-order valence-corrected chi connectivity index (χ4v) is 2.13. The zero-order chi connectivity index (χ0) is 11.2. The molecule has 15 heavy (non-hydrogen) atoms. The Morgan fingerprint density at radius 3 is 2.47 bits per heavy atom. The van der Waals surface area contributed by atoms with E-state index in [0.717, 1.165) is 11.1 Å². The fraction of sp³-hybridized carbons (Fsp3) is 0.462. The highest BCUT2D eigenvalue weighted by atomic mass is 16.3. The maximum atomic E-state index is 11.5. The highest BCUT2D eigenvalue weighted by Crippen LogP contribution is 2.38. The van der Waals surface area contributed by atoms with Crippen molar-refractivity contribution in [3.8, 4) is 5.75 Å². The van der Waals surface area contributed by atoms with Crippen molar-refractivity contribution in [3.63, 3.8) is 0 Å². The molecule has 0 aromatic heterocycles. The van der Waals surface area contributed by atoms with Gasteiger partial charge in [0.15, 0.2) is 5.78 Å². The minimum atomic E-state index is -0.0786. The van der Waals surface area contributed by atoms with Crippen molar-refractivity contribution >= 4 is 5.78 Å². The summed E-state index contributed by atoms with van der Waals surface area (Å²) < 4.78 is 0. The van der Waals surface area contributed by atoms with E-state index in [1.807, 2.05) is 12.1 Å². The number of phenolic OH excluding ortho intramolecular Hbond substituents is 1. The van der Waals surface area contributed by atoms with Crippen LogP contribution in [0.2, 0.25) is 0 Å². The topological polar surface area (TPSA) is 37.3 Å². The lowest BCUT2D eigenvalue weighted by molar-refractivity contribution is 0.0994. The maximum Gasteiger partial charge on any atom is 0.163 e. The van der Waals surface area contributed by atoms with Crippen LogP contribution in [0.15, 0.2) is 12.1 Å². The van der Waals surface area contributed by atoms with Gasteiger partial charge in [0.2, 0.25) is 0 Å². The van der Waals surface area contributed by atoms with Crippen LogP contribution in [0.1, 0.15) is 48.7 Å². The van der Waals surface area contributed by atoms with Crippen LogP contribution in [0.3, 0.4) is 0 Å².